The van der Waals surface area contributed by atoms with Gasteiger partial charge in [0.1, 0.15) is 11.8 Å². The molecule has 1 atom stereocenters. The maximum atomic E-state index is 12.6. The van der Waals surface area contributed by atoms with Gasteiger partial charge < -0.3 is 10.1 Å². The Labute approximate surface area is 149 Å². The van der Waals surface area contributed by atoms with Gasteiger partial charge >= 0.3 is 0 Å². The summed E-state index contributed by atoms with van der Waals surface area (Å²) in [7, 11) is 0. The number of rotatable bonds is 3. The van der Waals surface area contributed by atoms with Crippen molar-refractivity contribution >= 4 is 46.4 Å². The Hall–Kier alpha value is -2.24. The van der Waals surface area contributed by atoms with E-state index in [1.54, 1.807) is 43.3 Å². The Kier molecular flexibility index (Phi) is 4.64. The Morgan fingerprint density at radius 1 is 1.25 bits per heavy atom. The molecule has 0 radical (unpaired) electrons. The largest absolute Gasteiger partial charge is 0.482 e. The summed E-state index contributed by atoms with van der Waals surface area (Å²) in [6.45, 7) is 1.54. The van der Waals surface area contributed by atoms with Crippen molar-refractivity contribution in [3.8, 4) is 5.75 Å². The highest BCUT2D eigenvalue weighted by Gasteiger charge is 2.33. The van der Waals surface area contributed by atoms with Gasteiger partial charge in [0.25, 0.3) is 5.91 Å². The monoisotopic (exact) mass is 364 g/mol. The lowest BCUT2D eigenvalue weighted by Crippen LogP contribution is -2.49. The lowest BCUT2D eigenvalue weighted by molar-refractivity contribution is -0.125. The topological polar surface area (TPSA) is 58.6 Å². The van der Waals surface area contributed by atoms with Gasteiger partial charge in [0.05, 0.1) is 16.4 Å². The van der Waals surface area contributed by atoms with Crippen LogP contribution in [-0.4, -0.2) is 24.5 Å². The van der Waals surface area contributed by atoms with Crippen molar-refractivity contribution in [2.75, 3.05) is 16.8 Å². The molecule has 0 aliphatic carbocycles. The van der Waals surface area contributed by atoms with E-state index in [-0.39, 0.29) is 18.4 Å². The Bertz CT molecular complexity index is 810. The number of fused-ring (bicyclic) bond motifs is 1. The van der Waals surface area contributed by atoms with Crippen molar-refractivity contribution in [2.45, 2.75) is 13.0 Å². The summed E-state index contributed by atoms with van der Waals surface area (Å²) in [6, 6.07) is 11.1. The average Bonchev–Trinajstić information content (AvgIpc) is 2.57. The predicted octanol–water partition coefficient (Wildman–Crippen LogP) is 3.75. The first-order chi connectivity index (χ1) is 11.5. The zero-order valence-electron chi connectivity index (χ0n) is 12.8. The zero-order chi connectivity index (χ0) is 17.3. The van der Waals surface area contributed by atoms with Gasteiger partial charge in [-0.2, -0.15) is 0 Å². The van der Waals surface area contributed by atoms with E-state index in [1.165, 1.54) is 4.90 Å². The second kappa shape index (κ2) is 6.71. The van der Waals surface area contributed by atoms with E-state index in [2.05, 4.69) is 5.32 Å². The molecule has 0 saturated carbocycles. The molecule has 7 heteroatoms. The number of anilines is 2. The molecule has 1 aliphatic rings. The number of carbonyl (C=O) groups is 2. The summed E-state index contributed by atoms with van der Waals surface area (Å²) in [4.78, 5) is 26.3. The number of carbonyl (C=O) groups excluding carboxylic acids is 2. The predicted molar refractivity (Wildman–Crippen MR) is 94.0 cm³/mol. The highest BCUT2D eigenvalue weighted by molar-refractivity contribution is 6.35. The van der Waals surface area contributed by atoms with E-state index in [4.69, 9.17) is 27.9 Å². The SMILES string of the molecule is C[C@H](C(=O)Nc1cc(Cl)ccc1Cl)N1C(=O)COc2ccccc21. The number of nitrogens with one attached hydrogen (secondary N) is 1. The second-order valence-electron chi connectivity index (χ2n) is 5.31. The Morgan fingerprint density at radius 2 is 2.00 bits per heavy atom. The maximum absolute atomic E-state index is 12.6. The molecule has 1 N–H and O–H groups in total. The van der Waals surface area contributed by atoms with E-state index >= 15 is 0 Å². The minimum Gasteiger partial charge on any atom is -0.482 e. The number of ether oxygens (including phenoxy) is 1. The highest BCUT2D eigenvalue weighted by atomic mass is 35.5. The summed E-state index contributed by atoms with van der Waals surface area (Å²) in [6.07, 6.45) is 0. The van der Waals surface area contributed by atoms with Crippen LogP contribution in [0.4, 0.5) is 11.4 Å². The molecule has 0 fully saturated rings. The summed E-state index contributed by atoms with van der Waals surface area (Å²) in [5.74, 6) is -0.0877. The van der Waals surface area contributed by atoms with Crippen LogP contribution in [0.15, 0.2) is 42.5 Å². The van der Waals surface area contributed by atoms with E-state index in [1.807, 2.05) is 6.07 Å². The third kappa shape index (κ3) is 3.18. The molecule has 3 rings (SSSR count). The first-order valence-electron chi connectivity index (χ1n) is 7.27. The van der Waals surface area contributed by atoms with Gasteiger partial charge in [0.2, 0.25) is 5.91 Å². The van der Waals surface area contributed by atoms with Crippen LogP contribution < -0.4 is 15.0 Å². The summed E-state index contributed by atoms with van der Waals surface area (Å²) < 4.78 is 5.39. The van der Waals surface area contributed by atoms with E-state index < -0.39 is 6.04 Å². The first kappa shape index (κ1) is 16.6. The van der Waals surface area contributed by atoms with Gasteiger partial charge in [-0.05, 0) is 37.3 Å². The Morgan fingerprint density at radius 3 is 2.79 bits per heavy atom. The molecule has 2 amide bonds. The summed E-state index contributed by atoms with van der Waals surface area (Å²) >= 11 is 12.0. The fourth-order valence-corrected chi connectivity index (χ4v) is 2.83. The molecule has 5 nitrogen and oxygen atoms in total. The molecule has 0 aromatic heterocycles. The van der Waals surface area contributed by atoms with Crippen molar-refractivity contribution in [3.63, 3.8) is 0 Å². The van der Waals surface area contributed by atoms with Gasteiger partial charge in [-0.1, -0.05) is 35.3 Å². The third-order valence-electron chi connectivity index (χ3n) is 3.70. The van der Waals surface area contributed by atoms with Crippen molar-refractivity contribution in [2.24, 2.45) is 0 Å². The maximum Gasteiger partial charge on any atom is 0.265 e. The van der Waals surface area contributed by atoms with Crippen molar-refractivity contribution in [1.82, 2.24) is 0 Å². The van der Waals surface area contributed by atoms with Crippen LogP contribution in [-0.2, 0) is 9.59 Å². The van der Waals surface area contributed by atoms with Crippen LogP contribution >= 0.6 is 23.2 Å². The van der Waals surface area contributed by atoms with Crippen LogP contribution in [0.2, 0.25) is 10.0 Å². The molecule has 1 heterocycles. The quantitative estimate of drug-likeness (QED) is 0.902. The number of hydrogen-bond acceptors (Lipinski definition) is 3. The fourth-order valence-electron chi connectivity index (χ4n) is 2.49. The van der Waals surface area contributed by atoms with Crippen molar-refractivity contribution < 1.29 is 14.3 Å². The smallest absolute Gasteiger partial charge is 0.265 e. The molecule has 2 aromatic rings. The molecule has 124 valence electrons. The third-order valence-corrected chi connectivity index (χ3v) is 4.26. The van der Waals surface area contributed by atoms with Crippen LogP contribution in [0, 0.1) is 0 Å². The molecule has 1 aliphatic heterocycles. The van der Waals surface area contributed by atoms with Crippen LogP contribution in [0.1, 0.15) is 6.92 Å². The van der Waals surface area contributed by atoms with Crippen molar-refractivity contribution in [1.29, 1.82) is 0 Å². The standard InChI is InChI=1S/C17H14Cl2N2O3/c1-10(17(23)20-13-8-11(18)6-7-12(13)19)21-14-4-2-3-5-15(14)24-9-16(21)22/h2-8,10H,9H2,1H3,(H,20,23)/t10-/m1/s1. The lowest BCUT2D eigenvalue weighted by Gasteiger charge is -2.33. The van der Waals surface area contributed by atoms with Gasteiger partial charge in [0.15, 0.2) is 6.61 Å². The summed E-state index contributed by atoms with van der Waals surface area (Å²) in [5.41, 5.74) is 0.962. The highest BCUT2D eigenvalue weighted by Crippen LogP contribution is 2.33. The molecular formula is C17H14Cl2N2O3. The van der Waals surface area contributed by atoms with Crippen molar-refractivity contribution in [3.05, 3.63) is 52.5 Å². The normalized spacial score (nSPS) is 14.6. The number of amides is 2. The Balaban J connectivity index is 1.86. The fraction of sp³-hybridized carbons (Fsp3) is 0.176. The number of nitrogens with zero attached hydrogens (tertiary/aromatic N) is 1. The minimum absolute atomic E-state index is 0.105. The van der Waals surface area contributed by atoms with Gasteiger partial charge in [-0.3, -0.25) is 14.5 Å². The molecular weight excluding hydrogens is 351 g/mol. The minimum atomic E-state index is -0.738. The molecule has 0 spiro atoms. The van der Waals surface area contributed by atoms with Crippen LogP contribution in [0.3, 0.4) is 0 Å². The number of halogens is 2. The van der Waals surface area contributed by atoms with Gasteiger partial charge in [-0.25, -0.2) is 0 Å². The van der Waals surface area contributed by atoms with E-state index in [9.17, 15) is 9.59 Å². The second-order valence-corrected chi connectivity index (χ2v) is 6.15. The lowest BCUT2D eigenvalue weighted by atomic mass is 10.1. The molecule has 0 unspecified atom stereocenters. The van der Waals surface area contributed by atoms with Gasteiger partial charge in [0, 0.05) is 5.02 Å². The van der Waals surface area contributed by atoms with Gasteiger partial charge in [-0.15, -0.1) is 0 Å². The first-order valence-corrected chi connectivity index (χ1v) is 8.03. The van der Waals surface area contributed by atoms with Crippen LogP contribution in [0.25, 0.3) is 0 Å². The number of para-hydroxylation sites is 2. The molecule has 24 heavy (non-hydrogen) atoms. The van der Waals surface area contributed by atoms with Crippen LogP contribution in [0.5, 0.6) is 5.75 Å². The molecule has 2 aromatic carbocycles. The zero-order valence-corrected chi connectivity index (χ0v) is 14.3. The average molecular weight is 365 g/mol. The molecule has 0 saturated heterocycles. The van der Waals surface area contributed by atoms with E-state index in [0.717, 1.165) is 0 Å². The molecule has 0 bridgehead atoms. The number of hydrogen-bond donors (Lipinski definition) is 1. The summed E-state index contributed by atoms with van der Waals surface area (Å²) in [5, 5.41) is 3.53. The number of benzene rings is 2. The van der Waals surface area contributed by atoms with E-state index in [0.29, 0.717) is 27.2 Å².